The van der Waals surface area contributed by atoms with E-state index in [0.717, 1.165) is 9.99 Å². The van der Waals surface area contributed by atoms with Crippen LogP contribution in [0.4, 0.5) is 5.69 Å². The molecule has 0 saturated carbocycles. The van der Waals surface area contributed by atoms with Gasteiger partial charge in [0.2, 0.25) is 10.0 Å². The van der Waals surface area contributed by atoms with E-state index in [1.54, 1.807) is 29.2 Å². The van der Waals surface area contributed by atoms with Crippen LogP contribution in [0.25, 0.3) is 0 Å². The van der Waals surface area contributed by atoms with E-state index in [2.05, 4.69) is 11.0 Å². The molecule has 7 nitrogen and oxygen atoms in total. The van der Waals surface area contributed by atoms with Crippen LogP contribution < -0.4 is 4.90 Å². The first-order valence-corrected chi connectivity index (χ1v) is 10.3. The molecule has 0 aromatic heterocycles. The number of hydrogen-bond acceptors (Lipinski definition) is 5. The Morgan fingerprint density at radius 3 is 2.04 bits per heavy atom. The van der Waals surface area contributed by atoms with Crippen LogP contribution in [0.3, 0.4) is 0 Å². The maximum atomic E-state index is 12.7. The lowest BCUT2D eigenvalue weighted by atomic mass is 10.1. The van der Waals surface area contributed by atoms with Crippen molar-refractivity contribution in [3.05, 3.63) is 59.7 Å². The summed E-state index contributed by atoms with van der Waals surface area (Å²) in [5.74, 6) is -0.103. The average Bonchev–Trinajstić information content (AvgIpc) is 2.73. The summed E-state index contributed by atoms with van der Waals surface area (Å²) in [5.41, 5.74) is 2.13. The van der Waals surface area contributed by atoms with Crippen molar-refractivity contribution in [3.63, 3.8) is 0 Å². The number of sulfonamides is 1. The predicted molar refractivity (Wildman–Crippen MR) is 107 cm³/mol. The number of carbonyl (C=O) groups is 1. The van der Waals surface area contributed by atoms with Crippen LogP contribution in [0.2, 0.25) is 0 Å². The molecule has 28 heavy (non-hydrogen) atoms. The summed E-state index contributed by atoms with van der Waals surface area (Å²) < 4.78 is 25.4. The highest BCUT2D eigenvalue weighted by molar-refractivity contribution is 7.89. The molecule has 0 spiro atoms. The Morgan fingerprint density at radius 1 is 0.964 bits per heavy atom. The number of piperazine rings is 1. The Morgan fingerprint density at radius 2 is 1.54 bits per heavy atom. The third-order valence-electron chi connectivity index (χ3n) is 4.81. The zero-order valence-corrected chi connectivity index (χ0v) is 16.7. The quantitative estimate of drug-likeness (QED) is 0.784. The van der Waals surface area contributed by atoms with Crippen LogP contribution in [-0.4, -0.2) is 63.8 Å². The molecule has 1 saturated heterocycles. The summed E-state index contributed by atoms with van der Waals surface area (Å²) in [6.45, 7) is 2.56. The second-order valence-electron chi connectivity index (χ2n) is 6.75. The van der Waals surface area contributed by atoms with Crippen molar-refractivity contribution in [1.82, 2.24) is 9.21 Å². The molecule has 0 radical (unpaired) electrons. The monoisotopic (exact) mass is 398 g/mol. The number of anilines is 1. The van der Waals surface area contributed by atoms with Gasteiger partial charge in [-0.1, -0.05) is 0 Å². The Hall–Kier alpha value is -2.89. The minimum absolute atomic E-state index is 0.103. The Bertz CT molecular complexity index is 985. The lowest BCUT2D eigenvalue weighted by Gasteiger charge is -2.36. The molecule has 0 aliphatic carbocycles. The molecule has 1 amide bonds. The van der Waals surface area contributed by atoms with Gasteiger partial charge in [0.25, 0.3) is 5.91 Å². The van der Waals surface area contributed by atoms with E-state index in [1.807, 2.05) is 12.1 Å². The first-order valence-electron chi connectivity index (χ1n) is 8.90. The van der Waals surface area contributed by atoms with Gasteiger partial charge in [-0.3, -0.25) is 4.79 Å². The molecule has 8 heteroatoms. The number of rotatable bonds is 4. The van der Waals surface area contributed by atoms with Crippen molar-refractivity contribution in [3.8, 4) is 6.07 Å². The normalized spacial score (nSPS) is 14.8. The molecule has 1 aliphatic heterocycles. The van der Waals surface area contributed by atoms with Crippen LogP contribution in [-0.2, 0) is 10.0 Å². The van der Waals surface area contributed by atoms with Gasteiger partial charge in [-0.25, -0.2) is 12.7 Å². The van der Waals surface area contributed by atoms with Gasteiger partial charge >= 0.3 is 0 Å². The fraction of sp³-hybridized carbons (Fsp3) is 0.300. The number of benzene rings is 2. The second kappa shape index (κ2) is 8.00. The van der Waals surface area contributed by atoms with Crippen molar-refractivity contribution < 1.29 is 13.2 Å². The van der Waals surface area contributed by atoms with E-state index in [9.17, 15) is 13.2 Å². The zero-order valence-electron chi connectivity index (χ0n) is 15.9. The minimum atomic E-state index is -3.51. The molecule has 2 aromatic rings. The summed E-state index contributed by atoms with van der Waals surface area (Å²) in [4.78, 5) is 16.9. The fourth-order valence-corrected chi connectivity index (χ4v) is 3.98. The summed E-state index contributed by atoms with van der Waals surface area (Å²) in [7, 11) is -0.558. The summed E-state index contributed by atoms with van der Waals surface area (Å²) in [5, 5.41) is 8.89. The van der Waals surface area contributed by atoms with Gasteiger partial charge in [-0.05, 0) is 48.5 Å². The van der Waals surface area contributed by atoms with Crippen LogP contribution >= 0.6 is 0 Å². The van der Waals surface area contributed by atoms with Crippen LogP contribution in [0, 0.1) is 11.3 Å². The summed E-state index contributed by atoms with van der Waals surface area (Å²) in [6.07, 6.45) is 0. The highest BCUT2D eigenvalue weighted by Gasteiger charge is 2.23. The lowest BCUT2D eigenvalue weighted by Crippen LogP contribution is -2.48. The number of nitrogens with zero attached hydrogens (tertiary/aromatic N) is 4. The van der Waals surface area contributed by atoms with E-state index >= 15 is 0 Å². The number of carbonyl (C=O) groups excluding carboxylic acids is 1. The van der Waals surface area contributed by atoms with E-state index in [4.69, 9.17) is 5.26 Å². The van der Waals surface area contributed by atoms with Gasteiger partial charge in [0.1, 0.15) is 0 Å². The van der Waals surface area contributed by atoms with Crippen molar-refractivity contribution in [2.45, 2.75) is 4.90 Å². The van der Waals surface area contributed by atoms with Gasteiger partial charge in [-0.2, -0.15) is 5.26 Å². The molecule has 1 heterocycles. The van der Waals surface area contributed by atoms with Gasteiger partial charge < -0.3 is 9.80 Å². The first kappa shape index (κ1) is 19.9. The standard InChI is InChI=1S/C20H22N4O3S/c1-22(2)28(26,27)19-9-5-17(6-10-19)20(25)24-13-11-23(12-14-24)18-7-3-16(15-21)4-8-18/h3-10H,11-14H2,1-2H3. The van der Waals surface area contributed by atoms with E-state index in [-0.39, 0.29) is 10.8 Å². The molecule has 0 N–H and O–H groups in total. The third-order valence-corrected chi connectivity index (χ3v) is 6.64. The first-order chi connectivity index (χ1) is 13.3. The highest BCUT2D eigenvalue weighted by Crippen LogP contribution is 2.19. The van der Waals surface area contributed by atoms with Crippen LogP contribution in [0.15, 0.2) is 53.4 Å². The largest absolute Gasteiger partial charge is 0.368 e. The number of hydrogen-bond donors (Lipinski definition) is 0. The summed E-state index contributed by atoms with van der Waals surface area (Å²) >= 11 is 0. The molecule has 3 rings (SSSR count). The molecule has 2 aromatic carbocycles. The van der Waals surface area contributed by atoms with Gasteiger partial charge in [0.15, 0.2) is 0 Å². The number of amides is 1. The molecule has 0 unspecified atom stereocenters. The maximum Gasteiger partial charge on any atom is 0.253 e. The Labute approximate surface area is 165 Å². The lowest BCUT2D eigenvalue weighted by molar-refractivity contribution is 0.0746. The molecule has 0 atom stereocenters. The Balaban J connectivity index is 1.64. The topological polar surface area (TPSA) is 84.7 Å². The molecule has 1 aliphatic rings. The maximum absolute atomic E-state index is 12.7. The van der Waals surface area contributed by atoms with Gasteiger partial charge in [0.05, 0.1) is 16.5 Å². The molecular weight excluding hydrogens is 376 g/mol. The van der Waals surface area contributed by atoms with Crippen molar-refractivity contribution in [2.24, 2.45) is 0 Å². The number of nitriles is 1. The molecule has 0 bridgehead atoms. The van der Waals surface area contributed by atoms with E-state index in [1.165, 1.54) is 26.2 Å². The smallest absolute Gasteiger partial charge is 0.253 e. The SMILES string of the molecule is CN(C)S(=O)(=O)c1ccc(C(=O)N2CCN(c3ccc(C#N)cc3)CC2)cc1. The van der Waals surface area contributed by atoms with E-state index < -0.39 is 10.0 Å². The van der Waals surface area contributed by atoms with Gasteiger partial charge in [-0.15, -0.1) is 0 Å². The van der Waals surface area contributed by atoms with Crippen molar-refractivity contribution in [2.75, 3.05) is 45.2 Å². The van der Waals surface area contributed by atoms with Crippen molar-refractivity contribution >= 4 is 21.6 Å². The fourth-order valence-electron chi connectivity index (χ4n) is 3.08. The second-order valence-corrected chi connectivity index (χ2v) is 8.90. The minimum Gasteiger partial charge on any atom is -0.368 e. The van der Waals surface area contributed by atoms with Crippen LogP contribution in [0.1, 0.15) is 15.9 Å². The molecule has 1 fully saturated rings. The third kappa shape index (κ3) is 4.01. The average molecular weight is 398 g/mol. The molecule has 146 valence electrons. The van der Waals surface area contributed by atoms with Crippen molar-refractivity contribution in [1.29, 1.82) is 5.26 Å². The molecular formula is C20H22N4O3S. The predicted octanol–water partition coefficient (Wildman–Crippen LogP) is 1.77. The summed E-state index contributed by atoms with van der Waals surface area (Å²) in [6, 6.07) is 15.6. The zero-order chi connectivity index (χ0) is 20.3. The highest BCUT2D eigenvalue weighted by atomic mass is 32.2. The Kier molecular flexibility index (Phi) is 5.68. The van der Waals surface area contributed by atoms with Gasteiger partial charge in [0, 0.05) is 51.5 Å². The van der Waals surface area contributed by atoms with E-state index in [0.29, 0.717) is 37.3 Å². The van der Waals surface area contributed by atoms with Crippen LogP contribution in [0.5, 0.6) is 0 Å².